The van der Waals surface area contributed by atoms with Gasteiger partial charge in [-0.15, -0.1) is 0 Å². The van der Waals surface area contributed by atoms with E-state index in [1.165, 1.54) is 43.4 Å². The minimum absolute atomic E-state index is 0.0322. The summed E-state index contributed by atoms with van der Waals surface area (Å²) in [5, 5.41) is 2.97. The van der Waals surface area contributed by atoms with Gasteiger partial charge < -0.3 is 24.4 Å². The molecule has 0 fully saturated rings. The van der Waals surface area contributed by atoms with E-state index < -0.39 is 28.5 Å². The van der Waals surface area contributed by atoms with E-state index in [1.54, 1.807) is 43.5 Å². The maximum Gasteiger partial charge on any atom is 0.264 e. The molecule has 0 aliphatic rings. The number of hydrogen-bond donors (Lipinski definition) is 1. The molecule has 3 rings (SSSR count). The number of nitrogens with zero attached hydrogens (tertiary/aromatic N) is 2. The van der Waals surface area contributed by atoms with Crippen molar-refractivity contribution in [2.45, 2.75) is 57.1 Å². The van der Waals surface area contributed by atoms with Gasteiger partial charge in [-0.25, -0.2) is 8.42 Å². The Morgan fingerprint density at radius 3 is 1.93 bits per heavy atom. The van der Waals surface area contributed by atoms with Gasteiger partial charge in [0.25, 0.3) is 10.0 Å². The number of hydrogen-bond acceptors (Lipinski definition) is 7. The van der Waals surface area contributed by atoms with Gasteiger partial charge in [-0.2, -0.15) is 0 Å². The number of sulfonamides is 1. The fraction of sp³-hybridized carbons (Fsp3) is 0.375. The minimum Gasteiger partial charge on any atom is -0.497 e. The van der Waals surface area contributed by atoms with E-state index in [0.717, 1.165) is 16.3 Å². The molecular weight excluding hydrogens is 570 g/mol. The lowest BCUT2D eigenvalue weighted by atomic mass is 10.1. The number of carbonyl (C=O) groups is 2. The van der Waals surface area contributed by atoms with Crippen LogP contribution in [0.1, 0.15) is 39.2 Å². The summed E-state index contributed by atoms with van der Waals surface area (Å²) < 4.78 is 45.2. The molecule has 2 atom stereocenters. The Bertz CT molecular complexity index is 1460. The van der Waals surface area contributed by atoms with Crippen LogP contribution >= 0.6 is 0 Å². The molecule has 0 aliphatic heterocycles. The van der Waals surface area contributed by atoms with Crippen molar-refractivity contribution in [3.8, 4) is 17.2 Å². The van der Waals surface area contributed by atoms with Crippen LogP contribution in [0.3, 0.4) is 0 Å². The number of nitrogens with one attached hydrogen (secondary N) is 1. The second kappa shape index (κ2) is 15.3. The monoisotopic (exact) mass is 611 g/mol. The van der Waals surface area contributed by atoms with E-state index in [0.29, 0.717) is 17.9 Å². The molecule has 2 amide bonds. The van der Waals surface area contributed by atoms with Crippen LogP contribution in [-0.4, -0.2) is 65.1 Å². The van der Waals surface area contributed by atoms with Crippen molar-refractivity contribution < 1.29 is 32.2 Å². The summed E-state index contributed by atoms with van der Waals surface area (Å²) in [5.74, 6) is 0.555. The highest BCUT2D eigenvalue weighted by molar-refractivity contribution is 7.92. The number of methoxy groups -OCH3 is 3. The predicted octanol–water partition coefficient (Wildman–Crippen LogP) is 4.63. The molecular formula is C32H41N3O7S. The zero-order valence-electron chi connectivity index (χ0n) is 25.6. The van der Waals surface area contributed by atoms with Gasteiger partial charge in [0.05, 0.1) is 31.9 Å². The number of carbonyl (C=O) groups excluding carboxylic acids is 2. The largest absolute Gasteiger partial charge is 0.497 e. The van der Waals surface area contributed by atoms with Crippen molar-refractivity contribution in [1.29, 1.82) is 0 Å². The van der Waals surface area contributed by atoms with E-state index in [9.17, 15) is 18.0 Å². The second-order valence-electron chi connectivity index (χ2n) is 9.97. The maximum absolute atomic E-state index is 14.2. The molecule has 10 nitrogen and oxygen atoms in total. The van der Waals surface area contributed by atoms with E-state index in [1.807, 2.05) is 32.9 Å². The van der Waals surface area contributed by atoms with Crippen LogP contribution in [0.5, 0.6) is 17.2 Å². The lowest BCUT2D eigenvalue weighted by Crippen LogP contribution is -2.53. The van der Waals surface area contributed by atoms with Gasteiger partial charge in [0.15, 0.2) is 0 Å². The Labute approximate surface area is 254 Å². The maximum atomic E-state index is 14.2. The molecule has 0 saturated carbocycles. The van der Waals surface area contributed by atoms with E-state index >= 15 is 0 Å². The fourth-order valence-corrected chi connectivity index (χ4v) is 5.94. The van der Waals surface area contributed by atoms with Crippen molar-refractivity contribution in [3.05, 3.63) is 78.4 Å². The summed E-state index contributed by atoms with van der Waals surface area (Å²) in [5.41, 5.74) is 0.946. The first-order chi connectivity index (χ1) is 20.6. The first-order valence-corrected chi connectivity index (χ1v) is 15.6. The molecule has 0 saturated heterocycles. The van der Waals surface area contributed by atoms with Crippen LogP contribution in [0, 0.1) is 0 Å². The molecule has 3 aromatic carbocycles. The smallest absolute Gasteiger partial charge is 0.264 e. The van der Waals surface area contributed by atoms with Crippen molar-refractivity contribution in [1.82, 2.24) is 10.2 Å². The summed E-state index contributed by atoms with van der Waals surface area (Å²) in [6.07, 6.45) is 1.04. The Kier molecular flexibility index (Phi) is 11.8. The van der Waals surface area contributed by atoms with Gasteiger partial charge in [-0.3, -0.25) is 13.9 Å². The number of benzene rings is 3. The molecule has 0 spiro atoms. The van der Waals surface area contributed by atoms with Gasteiger partial charge >= 0.3 is 0 Å². The number of ether oxygens (including phenoxy) is 3. The molecule has 0 heterocycles. The quantitative estimate of drug-likeness (QED) is 0.267. The first-order valence-electron chi connectivity index (χ1n) is 14.1. The lowest BCUT2D eigenvalue weighted by Gasteiger charge is -2.34. The molecule has 43 heavy (non-hydrogen) atoms. The third kappa shape index (κ3) is 8.19. The van der Waals surface area contributed by atoms with Crippen molar-refractivity contribution in [3.63, 3.8) is 0 Å². The zero-order chi connectivity index (χ0) is 31.6. The Morgan fingerprint density at radius 2 is 1.40 bits per heavy atom. The van der Waals surface area contributed by atoms with Crippen LogP contribution in [0.15, 0.2) is 77.7 Å². The third-order valence-corrected chi connectivity index (χ3v) is 8.95. The second-order valence-corrected chi connectivity index (χ2v) is 11.8. The van der Waals surface area contributed by atoms with E-state index in [-0.39, 0.29) is 34.8 Å². The number of anilines is 1. The molecule has 0 aliphatic carbocycles. The number of amides is 2. The summed E-state index contributed by atoms with van der Waals surface area (Å²) in [6, 6.07) is 18.7. The summed E-state index contributed by atoms with van der Waals surface area (Å²) in [7, 11) is 0.218. The molecule has 0 bridgehead atoms. The summed E-state index contributed by atoms with van der Waals surface area (Å²) >= 11 is 0. The molecule has 232 valence electrons. The average molecular weight is 612 g/mol. The normalized spacial score (nSPS) is 12.5. The van der Waals surface area contributed by atoms with Gasteiger partial charge in [0, 0.05) is 12.6 Å². The van der Waals surface area contributed by atoms with Gasteiger partial charge in [-0.05, 0) is 73.9 Å². The molecule has 3 aromatic rings. The lowest BCUT2D eigenvalue weighted by molar-refractivity contribution is -0.140. The third-order valence-electron chi connectivity index (χ3n) is 7.18. The molecule has 0 aromatic heterocycles. The number of rotatable bonds is 15. The Hall–Kier alpha value is -4.25. The molecule has 1 N–H and O–H groups in total. The van der Waals surface area contributed by atoms with Crippen LogP contribution in [-0.2, 0) is 26.2 Å². The first kappa shape index (κ1) is 33.3. The summed E-state index contributed by atoms with van der Waals surface area (Å²) in [4.78, 5) is 29.1. The SMILES string of the molecule is CC[C@H](C(=O)N[C@@H](C)CC)N(Cc1ccc(OC)cc1)C(=O)CN(c1ccccc1OC)S(=O)(=O)c1ccc(OC)cc1. The van der Waals surface area contributed by atoms with Crippen LogP contribution in [0.2, 0.25) is 0 Å². The highest BCUT2D eigenvalue weighted by Gasteiger charge is 2.35. The van der Waals surface area contributed by atoms with Crippen molar-refractivity contribution in [2.24, 2.45) is 0 Å². The van der Waals surface area contributed by atoms with Crippen LogP contribution in [0.4, 0.5) is 5.69 Å². The van der Waals surface area contributed by atoms with Gasteiger partial charge in [0.2, 0.25) is 11.8 Å². The molecule has 0 unspecified atom stereocenters. The standard InChI is InChI=1S/C32H41N3O7S/c1-7-23(3)33-32(37)28(8-2)34(21-24-13-15-25(40-4)16-14-24)31(36)22-35(29-11-9-10-12-30(29)42-6)43(38,39)27-19-17-26(41-5)18-20-27/h9-20,23,28H,7-8,21-22H2,1-6H3,(H,33,37)/t23-,28+/m0/s1. The summed E-state index contributed by atoms with van der Waals surface area (Å²) in [6.45, 7) is 5.18. The fourth-order valence-electron chi connectivity index (χ4n) is 4.51. The molecule has 11 heteroatoms. The Balaban J connectivity index is 2.09. The Morgan fingerprint density at radius 1 is 0.814 bits per heavy atom. The predicted molar refractivity (Wildman–Crippen MR) is 166 cm³/mol. The van der Waals surface area contributed by atoms with Gasteiger partial charge in [-0.1, -0.05) is 38.1 Å². The molecule has 0 radical (unpaired) electrons. The zero-order valence-corrected chi connectivity index (χ0v) is 26.4. The van der Waals surface area contributed by atoms with E-state index in [2.05, 4.69) is 5.32 Å². The van der Waals surface area contributed by atoms with Crippen LogP contribution < -0.4 is 23.8 Å². The number of para-hydroxylation sites is 2. The highest BCUT2D eigenvalue weighted by atomic mass is 32.2. The minimum atomic E-state index is -4.26. The van der Waals surface area contributed by atoms with E-state index in [4.69, 9.17) is 14.2 Å². The topological polar surface area (TPSA) is 114 Å². The van der Waals surface area contributed by atoms with Gasteiger partial charge in [0.1, 0.15) is 29.8 Å². The average Bonchev–Trinajstić information content (AvgIpc) is 3.03. The van der Waals surface area contributed by atoms with Crippen molar-refractivity contribution in [2.75, 3.05) is 32.2 Å². The van der Waals surface area contributed by atoms with Crippen LogP contribution in [0.25, 0.3) is 0 Å². The highest BCUT2D eigenvalue weighted by Crippen LogP contribution is 2.33. The van der Waals surface area contributed by atoms with Crippen molar-refractivity contribution >= 4 is 27.5 Å².